The Bertz CT molecular complexity index is 1440. The summed E-state index contributed by atoms with van der Waals surface area (Å²) in [6.07, 6.45) is 0.881. The highest BCUT2D eigenvalue weighted by molar-refractivity contribution is 6.33. The van der Waals surface area contributed by atoms with E-state index in [1.165, 1.54) is 4.90 Å². The number of hydrogen-bond donors (Lipinski definition) is 3. The zero-order valence-electron chi connectivity index (χ0n) is 22.4. The third kappa shape index (κ3) is 4.90. The normalized spacial score (nSPS) is 27.0. The number of amides is 3. The van der Waals surface area contributed by atoms with Crippen LogP contribution in [0.3, 0.4) is 0 Å². The van der Waals surface area contributed by atoms with Crippen molar-refractivity contribution < 1.29 is 24.2 Å². The lowest BCUT2D eigenvalue weighted by Crippen LogP contribution is -2.56. The van der Waals surface area contributed by atoms with Gasteiger partial charge in [0.25, 0.3) is 0 Å². The number of carbonyl (C=O) groups is 3. The Morgan fingerprint density at radius 1 is 0.976 bits per heavy atom. The van der Waals surface area contributed by atoms with Gasteiger partial charge in [-0.2, -0.15) is 0 Å². The molecule has 6 atom stereocenters. The molecule has 1 spiro atoms. The van der Waals surface area contributed by atoms with Crippen LogP contribution in [0.15, 0.2) is 84.9 Å². The quantitative estimate of drug-likeness (QED) is 0.363. The summed E-state index contributed by atoms with van der Waals surface area (Å²) >= 11 is 6.36. The number of carbonyl (C=O) groups excluding carboxylic acids is 3. The molecular formula is C32H32ClN3O5. The molecule has 0 radical (unpaired) electrons. The molecule has 3 heterocycles. The van der Waals surface area contributed by atoms with Gasteiger partial charge < -0.3 is 25.4 Å². The monoisotopic (exact) mass is 573 g/mol. The van der Waals surface area contributed by atoms with E-state index in [1.54, 1.807) is 24.3 Å². The van der Waals surface area contributed by atoms with Crippen LogP contribution in [-0.2, 0) is 32.1 Å². The van der Waals surface area contributed by atoms with Crippen molar-refractivity contribution in [3.63, 3.8) is 0 Å². The van der Waals surface area contributed by atoms with Crippen LogP contribution in [0.5, 0.6) is 0 Å². The van der Waals surface area contributed by atoms with Gasteiger partial charge in [-0.15, -0.1) is 0 Å². The first-order valence-electron chi connectivity index (χ1n) is 13.9. The van der Waals surface area contributed by atoms with Gasteiger partial charge in [0.05, 0.1) is 41.3 Å². The number of ether oxygens (including phenoxy) is 1. The van der Waals surface area contributed by atoms with E-state index in [0.717, 1.165) is 11.1 Å². The second-order valence-corrected chi connectivity index (χ2v) is 11.4. The van der Waals surface area contributed by atoms with Crippen LogP contribution in [0.25, 0.3) is 0 Å². The van der Waals surface area contributed by atoms with E-state index >= 15 is 0 Å². The summed E-state index contributed by atoms with van der Waals surface area (Å²) < 4.78 is 6.52. The van der Waals surface area contributed by atoms with Gasteiger partial charge in [0.15, 0.2) is 0 Å². The SMILES string of the molecule is O=C(Nc1ccccc1Cl)C1N([C@@H](CO)Cc2ccccc2)C(=O)[C@@H]2[C@H](C(=O)NCc3ccccc3)[C@@H]3CCC12O3. The second kappa shape index (κ2) is 11.3. The van der Waals surface area contributed by atoms with Crippen LogP contribution in [0.2, 0.25) is 5.02 Å². The van der Waals surface area contributed by atoms with E-state index in [4.69, 9.17) is 16.3 Å². The summed E-state index contributed by atoms with van der Waals surface area (Å²) in [5, 5.41) is 16.8. The van der Waals surface area contributed by atoms with Crippen molar-refractivity contribution in [2.45, 2.75) is 49.6 Å². The van der Waals surface area contributed by atoms with Crippen molar-refractivity contribution in [2.24, 2.45) is 11.8 Å². The van der Waals surface area contributed by atoms with Crippen LogP contribution >= 0.6 is 11.6 Å². The zero-order valence-corrected chi connectivity index (χ0v) is 23.2. The van der Waals surface area contributed by atoms with Gasteiger partial charge in [0.2, 0.25) is 17.7 Å². The third-order valence-electron chi connectivity index (χ3n) is 8.65. The molecule has 9 heteroatoms. The van der Waals surface area contributed by atoms with Gasteiger partial charge in [0, 0.05) is 6.54 Å². The Balaban J connectivity index is 1.34. The minimum atomic E-state index is -1.19. The van der Waals surface area contributed by atoms with Crippen LogP contribution in [0.1, 0.15) is 24.0 Å². The summed E-state index contributed by atoms with van der Waals surface area (Å²) in [4.78, 5) is 43.5. The lowest BCUT2D eigenvalue weighted by Gasteiger charge is -2.36. The van der Waals surface area contributed by atoms with Crippen LogP contribution in [0, 0.1) is 11.8 Å². The zero-order chi connectivity index (χ0) is 28.6. The van der Waals surface area contributed by atoms with Gasteiger partial charge in [-0.1, -0.05) is 84.4 Å². The van der Waals surface area contributed by atoms with Gasteiger partial charge in [-0.3, -0.25) is 14.4 Å². The molecule has 6 rings (SSSR count). The Labute approximate surface area is 243 Å². The molecule has 3 amide bonds. The van der Waals surface area contributed by atoms with E-state index in [0.29, 0.717) is 36.5 Å². The molecule has 0 aliphatic carbocycles. The number of para-hydroxylation sites is 1. The Hall–Kier alpha value is -3.72. The van der Waals surface area contributed by atoms with Crippen molar-refractivity contribution in [2.75, 3.05) is 11.9 Å². The van der Waals surface area contributed by atoms with Crippen LogP contribution < -0.4 is 10.6 Å². The van der Waals surface area contributed by atoms with Gasteiger partial charge in [-0.25, -0.2) is 0 Å². The molecule has 0 aromatic heterocycles. The molecule has 3 aliphatic heterocycles. The molecule has 212 valence electrons. The van der Waals surface area contributed by atoms with Crippen molar-refractivity contribution in [3.8, 4) is 0 Å². The van der Waals surface area contributed by atoms with E-state index in [1.807, 2.05) is 60.7 Å². The molecule has 41 heavy (non-hydrogen) atoms. The number of nitrogens with zero attached hydrogens (tertiary/aromatic N) is 1. The van der Waals surface area contributed by atoms with Crippen LogP contribution in [-0.4, -0.2) is 58.1 Å². The number of aliphatic hydroxyl groups excluding tert-OH is 1. The first kappa shape index (κ1) is 27.4. The predicted molar refractivity (Wildman–Crippen MR) is 154 cm³/mol. The number of likely N-dealkylation sites (tertiary alicyclic amines) is 1. The molecule has 8 nitrogen and oxygen atoms in total. The fourth-order valence-electron chi connectivity index (χ4n) is 6.89. The van der Waals surface area contributed by atoms with Crippen molar-refractivity contribution in [1.29, 1.82) is 0 Å². The van der Waals surface area contributed by atoms with Crippen LogP contribution in [0.4, 0.5) is 5.69 Å². The molecule has 3 aromatic rings. The molecule has 0 saturated carbocycles. The predicted octanol–water partition coefficient (Wildman–Crippen LogP) is 3.57. The molecular weight excluding hydrogens is 542 g/mol. The number of benzene rings is 3. The van der Waals surface area contributed by atoms with E-state index < -0.39 is 41.5 Å². The highest BCUT2D eigenvalue weighted by Gasteiger charge is 2.75. The lowest BCUT2D eigenvalue weighted by atomic mass is 9.70. The van der Waals surface area contributed by atoms with E-state index in [9.17, 15) is 19.5 Å². The summed E-state index contributed by atoms with van der Waals surface area (Å²) in [5.74, 6) is -2.65. The number of halogens is 1. The fourth-order valence-corrected chi connectivity index (χ4v) is 7.07. The molecule has 3 fully saturated rings. The summed E-state index contributed by atoms with van der Waals surface area (Å²) in [6.45, 7) is -0.0299. The first-order valence-corrected chi connectivity index (χ1v) is 14.3. The number of rotatable bonds is 9. The van der Waals surface area contributed by atoms with Gasteiger partial charge >= 0.3 is 0 Å². The molecule has 3 N–H and O–H groups in total. The standard InChI is InChI=1S/C32H32ClN3O5/c33-23-13-7-8-14-24(23)35-30(39)28-32-16-15-25(41-32)26(29(38)34-18-21-11-5-2-6-12-21)27(32)31(40)36(28)22(19-37)17-20-9-3-1-4-10-20/h1-14,22,25-28,37H,15-19H2,(H,34,38)(H,35,39)/t22-,25+,26-,27+,28?,32?/m1/s1. The molecule has 2 unspecified atom stereocenters. The molecule has 3 saturated heterocycles. The summed E-state index contributed by atoms with van der Waals surface area (Å²) in [6, 6.07) is 24.2. The first-order chi connectivity index (χ1) is 19.9. The Morgan fingerprint density at radius 2 is 1.63 bits per heavy atom. The Kier molecular flexibility index (Phi) is 7.55. The van der Waals surface area contributed by atoms with Gasteiger partial charge in [-0.05, 0) is 42.5 Å². The number of aliphatic hydroxyl groups is 1. The maximum absolute atomic E-state index is 14.3. The summed E-state index contributed by atoms with van der Waals surface area (Å²) in [7, 11) is 0. The maximum Gasteiger partial charge on any atom is 0.250 e. The smallest absolute Gasteiger partial charge is 0.250 e. The van der Waals surface area contributed by atoms with E-state index in [-0.39, 0.29) is 18.4 Å². The summed E-state index contributed by atoms with van der Waals surface area (Å²) in [5.41, 5.74) is 1.09. The highest BCUT2D eigenvalue weighted by Crippen LogP contribution is 2.59. The van der Waals surface area contributed by atoms with Crippen molar-refractivity contribution in [3.05, 3.63) is 101 Å². The topological polar surface area (TPSA) is 108 Å². The number of fused-ring (bicyclic) bond motifs is 1. The largest absolute Gasteiger partial charge is 0.394 e. The van der Waals surface area contributed by atoms with E-state index in [2.05, 4.69) is 10.6 Å². The average molecular weight is 574 g/mol. The maximum atomic E-state index is 14.3. The number of hydrogen-bond acceptors (Lipinski definition) is 5. The fraction of sp³-hybridized carbons (Fsp3) is 0.344. The third-order valence-corrected chi connectivity index (χ3v) is 8.98. The van der Waals surface area contributed by atoms with Crippen molar-refractivity contribution in [1.82, 2.24) is 10.2 Å². The minimum Gasteiger partial charge on any atom is -0.394 e. The Morgan fingerprint density at radius 3 is 2.32 bits per heavy atom. The average Bonchev–Trinajstić information content (AvgIpc) is 3.64. The molecule has 3 aromatic carbocycles. The minimum absolute atomic E-state index is 0.269. The number of nitrogens with one attached hydrogen (secondary N) is 2. The number of anilines is 1. The molecule has 2 bridgehead atoms. The highest BCUT2D eigenvalue weighted by atomic mass is 35.5. The lowest BCUT2D eigenvalue weighted by molar-refractivity contribution is -0.144. The van der Waals surface area contributed by atoms with Crippen molar-refractivity contribution >= 4 is 35.0 Å². The molecule has 3 aliphatic rings. The van der Waals surface area contributed by atoms with Gasteiger partial charge in [0.1, 0.15) is 11.6 Å². The second-order valence-electron chi connectivity index (χ2n) is 11.0.